The number of hydrogen-bond acceptors (Lipinski definition) is 1. The van der Waals surface area contributed by atoms with E-state index in [1.165, 1.54) is 12.1 Å². The lowest BCUT2D eigenvalue weighted by molar-refractivity contribution is -0.138. The number of nitrogens with one attached hydrogen (secondary N) is 1. The molecular weight excluding hydrogens is 251 g/mol. The first-order valence-electron chi connectivity index (χ1n) is 6.78. The van der Waals surface area contributed by atoms with Crippen LogP contribution in [0.1, 0.15) is 43.4 Å². The maximum atomic E-state index is 13.1. The summed E-state index contributed by atoms with van der Waals surface area (Å²) in [5.74, 6) is 0.757. The van der Waals surface area contributed by atoms with E-state index in [-0.39, 0.29) is 12.0 Å². The Kier molecular flexibility index (Phi) is 4.19. The average molecular weight is 271 g/mol. The number of halogens is 3. The molecule has 4 heteroatoms. The highest BCUT2D eigenvalue weighted by atomic mass is 19.4. The van der Waals surface area contributed by atoms with E-state index in [1.54, 1.807) is 19.2 Å². The Morgan fingerprint density at radius 1 is 1.21 bits per heavy atom. The van der Waals surface area contributed by atoms with Gasteiger partial charge >= 0.3 is 6.18 Å². The van der Waals surface area contributed by atoms with Gasteiger partial charge in [0.15, 0.2) is 0 Å². The smallest absolute Gasteiger partial charge is 0.313 e. The lowest BCUT2D eigenvalue weighted by Gasteiger charge is -2.29. The molecule has 1 aliphatic rings. The molecule has 1 fully saturated rings. The van der Waals surface area contributed by atoms with Crippen LogP contribution in [0.3, 0.4) is 0 Å². The topological polar surface area (TPSA) is 12.0 Å². The molecule has 1 aliphatic carbocycles. The van der Waals surface area contributed by atoms with Crippen LogP contribution in [0.5, 0.6) is 0 Å². The van der Waals surface area contributed by atoms with Crippen LogP contribution in [0.15, 0.2) is 24.3 Å². The van der Waals surface area contributed by atoms with E-state index in [1.807, 2.05) is 0 Å². The number of hydrogen-bond donors (Lipinski definition) is 1. The van der Waals surface area contributed by atoms with Crippen molar-refractivity contribution in [3.05, 3.63) is 35.4 Å². The van der Waals surface area contributed by atoms with Crippen molar-refractivity contribution in [1.82, 2.24) is 5.32 Å². The zero-order valence-corrected chi connectivity index (χ0v) is 11.3. The summed E-state index contributed by atoms with van der Waals surface area (Å²) in [6, 6.07) is 5.72. The van der Waals surface area contributed by atoms with Crippen molar-refractivity contribution in [3.63, 3.8) is 0 Å². The van der Waals surface area contributed by atoms with Gasteiger partial charge in [0.2, 0.25) is 0 Å². The molecule has 0 radical (unpaired) electrons. The Labute approximate surface area is 112 Å². The van der Waals surface area contributed by atoms with Crippen LogP contribution in [0.2, 0.25) is 0 Å². The third-order valence-corrected chi connectivity index (χ3v) is 4.27. The van der Waals surface area contributed by atoms with Crippen LogP contribution in [0, 0.1) is 11.8 Å². The molecule has 0 aliphatic heterocycles. The van der Waals surface area contributed by atoms with Crippen molar-refractivity contribution >= 4 is 0 Å². The van der Waals surface area contributed by atoms with Crippen LogP contribution in [-0.4, -0.2) is 7.05 Å². The Morgan fingerprint density at radius 3 is 2.42 bits per heavy atom. The molecule has 106 valence electrons. The minimum Gasteiger partial charge on any atom is -0.313 e. The summed E-state index contributed by atoms with van der Waals surface area (Å²) >= 11 is 0. The van der Waals surface area contributed by atoms with Gasteiger partial charge in [0, 0.05) is 6.04 Å². The van der Waals surface area contributed by atoms with E-state index in [0.29, 0.717) is 11.5 Å². The lowest BCUT2D eigenvalue weighted by Crippen LogP contribution is -2.29. The van der Waals surface area contributed by atoms with Gasteiger partial charge in [-0.2, -0.15) is 13.2 Å². The highest BCUT2D eigenvalue weighted by molar-refractivity contribution is 5.33. The zero-order chi connectivity index (χ0) is 14.0. The number of rotatable bonds is 3. The summed E-state index contributed by atoms with van der Waals surface area (Å²) in [4.78, 5) is 0. The molecule has 1 saturated carbocycles. The van der Waals surface area contributed by atoms with E-state index < -0.39 is 11.7 Å². The SMILES string of the molecule is CNC(c1ccccc1C(F)(F)F)C1CCCC1C. The van der Waals surface area contributed by atoms with E-state index >= 15 is 0 Å². The molecule has 0 saturated heterocycles. The number of alkyl halides is 3. The summed E-state index contributed by atoms with van der Waals surface area (Å²) in [5, 5.41) is 3.10. The second-order valence-corrected chi connectivity index (χ2v) is 5.42. The first-order valence-corrected chi connectivity index (χ1v) is 6.78. The maximum Gasteiger partial charge on any atom is 0.416 e. The molecule has 0 spiro atoms. The summed E-state index contributed by atoms with van der Waals surface area (Å²) in [7, 11) is 1.75. The standard InChI is InChI=1S/C15H20F3N/c1-10-6-5-8-11(10)14(19-2)12-7-3-4-9-13(12)15(16,17)18/h3-4,7,9-11,14,19H,5-6,8H2,1-2H3. The summed E-state index contributed by atoms with van der Waals surface area (Å²) in [6.45, 7) is 2.14. The largest absolute Gasteiger partial charge is 0.416 e. The monoisotopic (exact) mass is 271 g/mol. The van der Waals surface area contributed by atoms with Crippen molar-refractivity contribution in [2.24, 2.45) is 11.8 Å². The predicted octanol–water partition coefficient (Wildman–Crippen LogP) is 4.40. The van der Waals surface area contributed by atoms with Gasteiger partial charge in [-0.3, -0.25) is 0 Å². The fourth-order valence-corrected chi connectivity index (χ4v) is 3.30. The van der Waals surface area contributed by atoms with Gasteiger partial charge in [-0.1, -0.05) is 38.0 Å². The molecule has 3 unspecified atom stereocenters. The Bertz CT molecular complexity index is 428. The van der Waals surface area contributed by atoms with Crippen LogP contribution in [-0.2, 0) is 6.18 Å². The third kappa shape index (κ3) is 2.94. The molecule has 19 heavy (non-hydrogen) atoms. The second-order valence-electron chi connectivity index (χ2n) is 5.42. The quantitative estimate of drug-likeness (QED) is 0.859. The van der Waals surface area contributed by atoms with Gasteiger partial charge in [0.05, 0.1) is 5.56 Å². The maximum absolute atomic E-state index is 13.1. The minimum absolute atomic E-state index is 0.213. The molecule has 0 bridgehead atoms. The van der Waals surface area contributed by atoms with Gasteiger partial charge < -0.3 is 5.32 Å². The summed E-state index contributed by atoms with van der Waals surface area (Å²) in [6.07, 6.45) is -1.07. The molecule has 2 rings (SSSR count). The van der Waals surface area contributed by atoms with Crippen LogP contribution in [0.25, 0.3) is 0 Å². The Hall–Kier alpha value is -1.03. The molecular formula is C15H20F3N. The molecule has 3 atom stereocenters. The van der Waals surface area contributed by atoms with Gasteiger partial charge in [0.1, 0.15) is 0 Å². The summed E-state index contributed by atoms with van der Waals surface area (Å²) < 4.78 is 39.3. The molecule has 1 nitrogen and oxygen atoms in total. The molecule has 0 aromatic heterocycles. The van der Waals surface area contributed by atoms with Gasteiger partial charge in [0.25, 0.3) is 0 Å². The van der Waals surface area contributed by atoms with Gasteiger partial charge in [-0.25, -0.2) is 0 Å². The molecule has 1 aromatic carbocycles. The van der Waals surface area contributed by atoms with Crippen molar-refractivity contribution < 1.29 is 13.2 Å². The highest BCUT2D eigenvalue weighted by Crippen LogP contribution is 2.43. The van der Waals surface area contributed by atoms with E-state index in [4.69, 9.17) is 0 Å². The van der Waals surface area contributed by atoms with Crippen LogP contribution in [0.4, 0.5) is 13.2 Å². The van der Waals surface area contributed by atoms with Crippen molar-refractivity contribution in [1.29, 1.82) is 0 Å². The second kappa shape index (κ2) is 5.53. The summed E-state index contributed by atoms with van der Waals surface area (Å²) in [5.41, 5.74) is -0.121. The number of benzene rings is 1. The average Bonchev–Trinajstić information content (AvgIpc) is 2.76. The van der Waals surface area contributed by atoms with Crippen molar-refractivity contribution in [2.45, 2.75) is 38.4 Å². The Balaban J connectivity index is 2.38. The third-order valence-electron chi connectivity index (χ3n) is 4.27. The van der Waals surface area contributed by atoms with E-state index in [0.717, 1.165) is 19.3 Å². The zero-order valence-electron chi connectivity index (χ0n) is 11.3. The fraction of sp³-hybridized carbons (Fsp3) is 0.600. The van der Waals surface area contributed by atoms with Gasteiger partial charge in [-0.15, -0.1) is 0 Å². The van der Waals surface area contributed by atoms with Crippen LogP contribution < -0.4 is 5.32 Å². The molecule has 0 amide bonds. The van der Waals surface area contributed by atoms with E-state index in [9.17, 15) is 13.2 Å². The minimum atomic E-state index is -4.28. The van der Waals surface area contributed by atoms with Crippen molar-refractivity contribution in [3.8, 4) is 0 Å². The first-order chi connectivity index (χ1) is 8.95. The molecule has 1 N–H and O–H groups in total. The van der Waals surface area contributed by atoms with Crippen molar-refractivity contribution in [2.75, 3.05) is 7.05 Å². The van der Waals surface area contributed by atoms with Gasteiger partial charge in [-0.05, 0) is 36.9 Å². The first kappa shape index (κ1) is 14.4. The van der Waals surface area contributed by atoms with E-state index in [2.05, 4.69) is 12.2 Å². The Morgan fingerprint density at radius 2 is 1.89 bits per heavy atom. The van der Waals surface area contributed by atoms with Crippen LogP contribution >= 0.6 is 0 Å². The normalized spacial score (nSPS) is 25.5. The highest BCUT2D eigenvalue weighted by Gasteiger charge is 2.38. The predicted molar refractivity (Wildman–Crippen MR) is 69.7 cm³/mol. The lowest BCUT2D eigenvalue weighted by atomic mass is 9.84. The molecule has 1 aromatic rings. The fourth-order valence-electron chi connectivity index (χ4n) is 3.30. The molecule has 0 heterocycles.